The van der Waals surface area contributed by atoms with E-state index in [9.17, 15) is 0 Å². The second-order valence-corrected chi connectivity index (χ2v) is 13.3. The minimum atomic E-state index is 1.23. The zero-order valence-electron chi connectivity index (χ0n) is 22.9. The summed E-state index contributed by atoms with van der Waals surface area (Å²) in [4.78, 5) is 1.55. The summed E-state index contributed by atoms with van der Waals surface area (Å²) in [6, 6.07) is 23.5. The van der Waals surface area contributed by atoms with Crippen LogP contribution in [0.2, 0.25) is 0 Å². The average Bonchev–Trinajstić information content (AvgIpc) is 3.60. The highest BCUT2D eigenvalue weighted by atomic mass is 32.1. The van der Waals surface area contributed by atoms with Gasteiger partial charge in [0.2, 0.25) is 0 Å². The average molecular weight is 537 g/mol. The van der Waals surface area contributed by atoms with Crippen molar-refractivity contribution < 1.29 is 0 Å². The number of fused-ring (bicyclic) bond motifs is 9. The van der Waals surface area contributed by atoms with Crippen LogP contribution in [0.3, 0.4) is 0 Å². The van der Waals surface area contributed by atoms with Gasteiger partial charge in [0.15, 0.2) is 0 Å². The van der Waals surface area contributed by atoms with Crippen molar-refractivity contribution in [2.75, 3.05) is 0 Å². The van der Waals surface area contributed by atoms with Gasteiger partial charge in [-0.1, -0.05) is 114 Å². The van der Waals surface area contributed by atoms with Gasteiger partial charge in [-0.15, -0.1) is 22.7 Å². The van der Waals surface area contributed by atoms with Crippen LogP contribution in [0.15, 0.2) is 66.0 Å². The molecule has 6 rings (SSSR count). The molecule has 2 heteroatoms. The summed E-state index contributed by atoms with van der Waals surface area (Å²) in [7, 11) is 0. The standard InChI is InChI=1S/C36H40S2/c1-2-3-4-5-6-7-8-9-10-11-12-13-14-26-25-34-32-18-16-27-28(30(32)20-22-36(34)38-26)15-17-31-29(27)19-21-35-33(31)23-24-37-35/h15-25H,2-14H2,1H3. The van der Waals surface area contributed by atoms with Crippen molar-refractivity contribution in [2.45, 2.75) is 90.4 Å². The molecule has 0 bridgehead atoms. The molecule has 0 aliphatic heterocycles. The largest absolute Gasteiger partial charge is 0.144 e. The van der Waals surface area contributed by atoms with Gasteiger partial charge in [-0.05, 0) is 74.8 Å². The Morgan fingerprint density at radius 2 is 0.921 bits per heavy atom. The van der Waals surface area contributed by atoms with E-state index in [4.69, 9.17) is 0 Å². The maximum atomic E-state index is 2.49. The number of aryl methyl sites for hydroxylation is 1. The van der Waals surface area contributed by atoms with Gasteiger partial charge >= 0.3 is 0 Å². The van der Waals surface area contributed by atoms with Crippen LogP contribution in [0.5, 0.6) is 0 Å². The molecule has 2 heterocycles. The Balaban J connectivity index is 1.10. The summed E-state index contributed by atoms with van der Waals surface area (Å²) in [5.74, 6) is 0. The molecule has 0 saturated heterocycles. The molecule has 0 spiro atoms. The molecule has 38 heavy (non-hydrogen) atoms. The van der Waals surface area contributed by atoms with Gasteiger partial charge in [-0.3, -0.25) is 0 Å². The van der Waals surface area contributed by atoms with Gasteiger partial charge in [0.05, 0.1) is 0 Å². The summed E-state index contributed by atoms with van der Waals surface area (Å²) >= 11 is 3.84. The predicted octanol–water partition coefficient (Wildman–Crippen LogP) is 12.8. The van der Waals surface area contributed by atoms with Gasteiger partial charge in [0.25, 0.3) is 0 Å². The van der Waals surface area contributed by atoms with E-state index in [1.165, 1.54) is 136 Å². The van der Waals surface area contributed by atoms with Crippen LogP contribution in [0.4, 0.5) is 0 Å². The van der Waals surface area contributed by atoms with E-state index >= 15 is 0 Å². The molecule has 0 aliphatic carbocycles. The molecule has 4 aromatic carbocycles. The first-order valence-corrected chi connectivity index (χ1v) is 16.7. The molecule has 0 N–H and O–H groups in total. The molecule has 6 aromatic rings. The highest BCUT2D eigenvalue weighted by Gasteiger charge is 2.11. The molecular formula is C36H40S2. The maximum Gasteiger partial charge on any atom is 0.0352 e. The van der Waals surface area contributed by atoms with Crippen molar-refractivity contribution in [3.8, 4) is 0 Å². The normalized spacial score (nSPS) is 12.1. The van der Waals surface area contributed by atoms with Crippen molar-refractivity contribution in [3.05, 3.63) is 70.9 Å². The quantitative estimate of drug-likeness (QED) is 0.102. The lowest BCUT2D eigenvalue weighted by Gasteiger charge is -2.09. The van der Waals surface area contributed by atoms with E-state index in [-0.39, 0.29) is 0 Å². The summed E-state index contributed by atoms with van der Waals surface area (Å²) in [6.45, 7) is 2.30. The second-order valence-electron chi connectivity index (χ2n) is 11.1. The van der Waals surface area contributed by atoms with Gasteiger partial charge < -0.3 is 0 Å². The summed E-state index contributed by atoms with van der Waals surface area (Å²) < 4.78 is 2.81. The fourth-order valence-electron chi connectivity index (χ4n) is 6.33. The van der Waals surface area contributed by atoms with E-state index in [1.54, 1.807) is 4.88 Å². The molecule has 196 valence electrons. The molecule has 0 unspecified atom stereocenters. The number of hydrogen-bond acceptors (Lipinski definition) is 2. The molecule has 0 fully saturated rings. The smallest absolute Gasteiger partial charge is 0.0352 e. The second kappa shape index (κ2) is 12.2. The molecule has 0 radical (unpaired) electrons. The van der Waals surface area contributed by atoms with E-state index in [1.807, 2.05) is 22.7 Å². The van der Waals surface area contributed by atoms with Crippen molar-refractivity contribution >= 4 is 75.2 Å². The van der Waals surface area contributed by atoms with E-state index in [0.29, 0.717) is 0 Å². The minimum absolute atomic E-state index is 1.23. The summed E-state index contributed by atoms with van der Waals surface area (Å²) in [5.41, 5.74) is 0. The summed E-state index contributed by atoms with van der Waals surface area (Å²) in [6.07, 6.45) is 18.2. The molecule has 0 aliphatic rings. The van der Waals surface area contributed by atoms with Crippen LogP contribution in [-0.4, -0.2) is 0 Å². The maximum absolute atomic E-state index is 2.49. The van der Waals surface area contributed by atoms with Crippen LogP contribution in [0, 0.1) is 0 Å². The van der Waals surface area contributed by atoms with Crippen LogP contribution in [0.25, 0.3) is 52.5 Å². The minimum Gasteiger partial charge on any atom is -0.144 e. The van der Waals surface area contributed by atoms with Crippen LogP contribution in [0.1, 0.15) is 88.9 Å². The van der Waals surface area contributed by atoms with Gasteiger partial charge in [-0.2, -0.15) is 0 Å². The Kier molecular flexibility index (Phi) is 8.28. The first kappa shape index (κ1) is 25.8. The molecular weight excluding hydrogens is 497 g/mol. The van der Waals surface area contributed by atoms with Crippen molar-refractivity contribution in [1.29, 1.82) is 0 Å². The Bertz CT molecular complexity index is 1670. The Morgan fingerprint density at radius 3 is 1.53 bits per heavy atom. The number of rotatable bonds is 13. The van der Waals surface area contributed by atoms with E-state index < -0.39 is 0 Å². The third-order valence-electron chi connectivity index (χ3n) is 8.45. The van der Waals surface area contributed by atoms with Gasteiger partial charge in [0.1, 0.15) is 0 Å². The number of thiophene rings is 2. The monoisotopic (exact) mass is 536 g/mol. The topological polar surface area (TPSA) is 0 Å². The van der Waals surface area contributed by atoms with Gasteiger partial charge in [-0.25, -0.2) is 0 Å². The van der Waals surface area contributed by atoms with E-state index in [0.717, 1.165) is 0 Å². The SMILES string of the molecule is CCCCCCCCCCCCCCc1cc2c(ccc3c2ccc2c4ccc5sccc5c4ccc32)s1. The number of hydrogen-bond donors (Lipinski definition) is 0. The Labute approximate surface area is 235 Å². The number of unbranched alkanes of at least 4 members (excludes halogenated alkanes) is 11. The third kappa shape index (κ3) is 5.36. The first-order valence-electron chi connectivity index (χ1n) is 15.0. The fraction of sp³-hybridized carbons (Fsp3) is 0.389. The molecule has 0 nitrogen and oxygen atoms in total. The van der Waals surface area contributed by atoms with Crippen LogP contribution < -0.4 is 0 Å². The van der Waals surface area contributed by atoms with Crippen molar-refractivity contribution in [1.82, 2.24) is 0 Å². The fourth-order valence-corrected chi connectivity index (χ4v) is 8.25. The molecule has 0 saturated carbocycles. The predicted molar refractivity (Wildman–Crippen MR) is 175 cm³/mol. The lowest BCUT2D eigenvalue weighted by molar-refractivity contribution is 0.544. The Morgan fingerprint density at radius 1 is 0.447 bits per heavy atom. The third-order valence-corrected chi connectivity index (χ3v) is 10.5. The highest BCUT2D eigenvalue weighted by molar-refractivity contribution is 7.19. The van der Waals surface area contributed by atoms with Crippen LogP contribution >= 0.6 is 22.7 Å². The number of benzene rings is 4. The zero-order valence-corrected chi connectivity index (χ0v) is 24.5. The van der Waals surface area contributed by atoms with E-state index in [2.05, 4.69) is 73.0 Å². The lowest BCUT2D eigenvalue weighted by atomic mass is 9.95. The first-order chi connectivity index (χ1) is 18.8. The van der Waals surface area contributed by atoms with Crippen molar-refractivity contribution in [2.24, 2.45) is 0 Å². The molecule has 0 atom stereocenters. The van der Waals surface area contributed by atoms with Crippen LogP contribution in [-0.2, 0) is 6.42 Å². The van der Waals surface area contributed by atoms with Crippen molar-refractivity contribution in [3.63, 3.8) is 0 Å². The Hall–Kier alpha value is -2.42. The zero-order chi connectivity index (χ0) is 25.7. The highest BCUT2D eigenvalue weighted by Crippen LogP contribution is 2.39. The van der Waals surface area contributed by atoms with Gasteiger partial charge in [0, 0.05) is 25.0 Å². The summed E-state index contributed by atoms with van der Waals surface area (Å²) in [5, 5.41) is 13.3. The molecule has 0 amide bonds. The lowest BCUT2D eigenvalue weighted by Crippen LogP contribution is -1.84. The molecule has 2 aromatic heterocycles.